The fourth-order valence-electron chi connectivity index (χ4n) is 1.71. The van der Waals surface area contributed by atoms with Crippen molar-refractivity contribution in [3.8, 4) is 0 Å². The molecule has 1 aromatic rings. The second-order valence-electron chi connectivity index (χ2n) is 4.26. The Hall–Kier alpha value is -1.75. The molecule has 0 amide bonds. The zero-order chi connectivity index (χ0) is 15.1. The number of carbonyl (C=O) groups excluding carboxylic acids is 1. The molecule has 0 spiro atoms. The van der Waals surface area contributed by atoms with Crippen molar-refractivity contribution in [2.75, 3.05) is 6.61 Å². The Labute approximate surface area is 122 Å². The summed E-state index contributed by atoms with van der Waals surface area (Å²) in [5.41, 5.74) is 0.821. The van der Waals surface area contributed by atoms with Crippen LogP contribution in [0.25, 0.3) is 0 Å². The second kappa shape index (κ2) is 7.75. The van der Waals surface area contributed by atoms with E-state index in [1.165, 1.54) is 12.1 Å². The molecule has 0 saturated heterocycles. The maximum absolute atomic E-state index is 11.1. The molecule has 0 heterocycles. The molecule has 0 radical (unpaired) electrons. The molecule has 0 aliphatic carbocycles. The minimum atomic E-state index is -1.00. The van der Waals surface area contributed by atoms with E-state index in [4.69, 9.17) is 21.4 Å². The van der Waals surface area contributed by atoms with Crippen LogP contribution in [0.5, 0.6) is 0 Å². The second-order valence-corrected chi connectivity index (χ2v) is 4.69. The van der Waals surface area contributed by atoms with Crippen LogP contribution in [0.4, 0.5) is 4.79 Å². The minimum Gasteiger partial charge on any atom is -0.478 e. The largest absolute Gasteiger partial charge is 0.508 e. The molecular formula is C14H17ClO5. The third-order valence-electron chi connectivity index (χ3n) is 2.68. The molecule has 1 aromatic carbocycles. The van der Waals surface area contributed by atoms with Crippen LogP contribution >= 0.6 is 11.6 Å². The number of hydrogen-bond donors (Lipinski definition) is 1. The van der Waals surface area contributed by atoms with E-state index in [0.717, 1.165) is 0 Å². The van der Waals surface area contributed by atoms with Gasteiger partial charge in [-0.1, -0.05) is 11.6 Å². The molecule has 0 fully saturated rings. The lowest BCUT2D eigenvalue weighted by Crippen LogP contribution is -2.17. The van der Waals surface area contributed by atoms with Gasteiger partial charge in [0.25, 0.3) is 0 Å². The van der Waals surface area contributed by atoms with E-state index in [9.17, 15) is 9.59 Å². The maximum atomic E-state index is 11.1. The van der Waals surface area contributed by atoms with Gasteiger partial charge >= 0.3 is 12.1 Å². The topological polar surface area (TPSA) is 72.8 Å². The standard InChI is InChI=1S/C14H17ClO5/c1-3-19-14(18)20-9(2)4-5-10-8-11(15)6-7-12(10)13(16)17/h6-9H,3-5H2,1-2H3,(H,16,17). The van der Waals surface area contributed by atoms with Crippen molar-refractivity contribution in [3.63, 3.8) is 0 Å². The number of rotatable bonds is 6. The maximum Gasteiger partial charge on any atom is 0.508 e. The molecule has 5 nitrogen and oxygen atoms in total. The minimum absolute atomic E-state index is 0.206. The molecule has 1 unspecified atom stereocenters. The van der Waals surface area contributed by atoms with Gasteiger partial charge in [0.05, 0.1) is 12.2 Å². The van der Waals surface area contributed by atoms with E-state index in [2.05, 4.69) is 4.74 Å². The number of halogens is 1. The number of aromatic carboxylic acids is 1. The SMILES string of the molecule is CCOC(=O)OC(C)CCc1cc(Cl)ccc1C(=O)O. The number of carboxylic acids is 1. The fraction of sp³-hybridized carbons (Fsp3) is 0.429. The summed E-state index contributed by atoms with van der Waals surface area (Å²) in [7, 11) is 0. The van der Waals surface area contributed by atoms with Crippen molar-refractivity contribution in [2.45, 2.75) is 32.8 Å². The summed E-state index contributed by atoms with van der Waals surface area (Å²) in [5, 5.41) is 9.56. The number of carboxylic acid groups (broad SMARTS) is 1. The van der Waals surface area contributed by atoms with Gasteiger partial charge in [0, 0.05) is 5.02 Å². The van der Waals surface area contributed by atoms with Gasteiger partial charge < -0.3 is 14.6 Å². The van der Waals surface area contributed by atoms with Crippen molar-refractivity contribution in [2.24, 2.45) is 0 Å². The van der Waals surface area contributed by atoms with Crippen LogP contribution in [0.15, 0.2) is 18.2 Å². The number of ether oxygens (including phenoxy) is 2. The molecule has 0 saturated carbocycles. The van der Waals surface area contributed by atoms with Gasteiger partial charge in [0.15, 0.2) is 0 Å². The third kappa shape index (κ3) is 5.09. The van der Waals surface area contributed by atoms with Gasteiger partial charge in [-0.15, -0.1) is 0 Å². The number of carbonyl (C=O) groups is 2. The number of hydrogen-bond acceptors (Lipinski definition) is 4. The predicted molar refractivity (Wildman–Crippen MR) is 74.3 cm³/mol. The third-order valence-corrected chi connectivity index (χ3v) is 2.91. The van der Waals surface area contributed by atoms with Crippen LogP contribution in [-0.4, -0.2) is 29.9 Å². The quantitative estimate of drug-likeness (QED) is 0.814. The highest BCUT2D eigenvalue weighted by Crippen LogP contribution is 2.19. The van der Waals surface area contributed by atoms with Crippen molar-refractivity contribution in [1.82, 2.24) is 0 Å². The molecule has 110 valence electrons. The fourth-order valence-corrected chi connectivity index (χ4v) is 1.91. The van der Waals surface area contributed by atoms with E-state index >= 15 is 0 Å². The normalized spacial score (nSPS) is 11.8. The summed E-state index contributed by atoms with van der Waals surface area (Å²) >= 11 is 5.86. The van der Waals surface area contributed by atoms with Crippen LogP contribution in [0.1, 0.15) is 36.2 Å². The molecule has 0 aliphatic rings. The van der Waals surface area contributed by atoms with Gasteiger partial charge in [0.1, 0.15) is 6.10 Å². The molecule has 1 N–H and O–H groups in total. The Bertz CT molecular complexity index is 486. The van der Waals surface area contributed by atoms with Gasteiger partial charge in [0.2, 0.25) is 0 Å². The number of aryl methyl sites for hydroxylation is 1. The van der Waals surface area contributed by atoms with Crippen LogP contribution in [0.3, 0.4) is 0 Å². The predicted octanol–water partition coefficient (Wildman–Crippen LogP) is 3.53. The molecule has 1 atom stereocenters. The van der Waals surface area contributed by atoms with Crippen molar-refractivity contribution >= 4 is 23.7 Å². The van der Waals surface area contributed by atoms with Gasteiger partial charge in [-0.2, -0.15) is 0 Å². The highest BCUT2D eigenvalue weighted by atomic mass is 35.5. The average Bonchev–Trinajstić information content (AvgIpc) is 2.36. The van der Waals surface area contributed by atoms with E-state index in [1.807, 2.05) is 0 Å². The Balaban J connectivity index is 2.63. The summed E-state index contributed by atoms with van der Waals surface area (Å²) in [4.78, 5) is 22.2. The first-order chi connectivity index (χ1) is 9.43. The summed E-state index contributed by atoms with van der Waals surface area (Å²) in [6.45, 7) is 3.67. The van der Waals surface area contributed by atoms with E-state index in [-0.39, 0.29) is 18.3 Å². The molecule has 6 heteroatoms. The molecule has 0 aromatic heterocycles. The van der Waals surface area contributed by atoms with Crippen LogP contribution in [0.2, 0.25) is 5.02 Å². The lowest BCUT2D eigenvalue weighted by Gasteiger charge is -2.13. The van der Waals surface area contributed by atoms with Crippen LogP contribution in [0, 0.1) is 0 Å². The summed E-state index contributed by atoms with van der Waals surface area (Å²) < 4.78 is 9.67. The lowest BCUT2D eigenvalue weighted by molar-refractivity contribution is 0.0297. The van der Waals surface area contributed by atoms with E-state index < -0.39 is 12.1 Å². The van der Waals surface area contributed by atoms with Gasteiger partial charge in [-0.3, -0.25) is 0 Å². The summed E-state index contributed by atoms with van der Waals surface area (Å²) in [5.74, 6) is -1.00. The van der Waals surface area contributed by atoms with E-state index in [0.29, 0.717) is 23.4 Å². The Morgan fingerprint density at radius 3 is 2.70 bits per heavy atom. The Kier molecular flexibility index (Phi) is 6.31. The average molecular weight is 301 g/mol. The van der Waals surface area contributed by atoms with Crippen molar-refractivity contribution in [1.29, 1.82) is 0 Å². The van der Waals surface area contributed by atoms with E-state index in [1.54, 1.807) is 19.9 Å². The first-order valence-corrected chi connectivity index (χ1v) is 6.67. The highest BCUT2D eigenvalue weighted by molar-refractivity contribution is 6.30. The molecule has 0 aliphatic heterocycles. The summed E-state index contributed by atoms with van der Waals surface area (Å²) in [6.07, 6.45) is -0.151. The van der Waals surface area contributed by atoms with Gasteiger partial charge in [-0.25, -0.2) is 9.59 Å². The zero-order valence-electron chi connectivity index (χ0n) is 11.4. The zero-order valence-corrected chi connectivity index (χ0v) is 12.1. The molecular weight excluding hydrogens is 284 g/mol. The summed E-state index contributed by atoms with van der Waals surface area (Å²) in [6, 6.07) is 4.62. The smallest absolute Gasteiger partial charge is 0.478 e. The molecule has 20 heavy (non-hydrogen) atoms. The Morgan fingerprint density at radius 2 is 2.10 bits per heavy atom. The first-order valence-electron chi connectivity index (χ1n) is 6.29. The van der Waals surface area contributed by atoms with Crippen molar-refractivity contribution in [3.05, 3.63) is 34.3 Å². The lowest BCUT2D eigenvalue weighted by atomic mass is 10.0. The monoisotopic (exact) mass is 300 g/mol. The first kappa shape index (κ1) is 16.3. The Morgan fingerprint density at radius 1 is 1.40 bits per heavy atom. The van der Waals surface area contributed by atoms with Crippen LogP contribution < -0.4 is 0 Å². The molecule has 1 rings (SSSR count). The van der Waals surface area contributed by atoms with Crippen LogP contribution in [-0.2, 0) is 15.9 Å². The van der Waals surface area contributed by atoms with Gasteiger partial charge in [-0.05, 0) is 50.5 Å². The molecule has 0 bridgehead atoms. The van der Waals surface area contributed by atoms with Crippen molar-refractivity contribution < 1.29 is 24.2 Å². The highest BCUT2D eigenvalue weighted by Gasteiger charge is 2.14. The number of benzene rings is 1.